The fraction of sp³-hybridized carbons (Fsp3) is 0.600. The molecule has 1 heterocycles. The molecule has 0 saturated carbocycles. The Kier molecular flexibility index (Phi) is 5.61. The Morgan fingerprint density at radius 2 is 2.11 bits per heavy atom. The van der Waals surface area contributed by atoms with E-state index in [-0.39, 0.29) is 5.82 Å². The van der Waals surface area contributed by atoms with Crippen LogP contribution >= 0.6 is 0 Å². The molecule has 4 heteroatoms. The minimum Gasteiger partial charge on any atom is -0.494 e. The van der Waals surface area contributed by atoms with E-state index in [1.165, 1.54) is 18.6 Å². The van der Waals surface area contributed by atoms with Crippen molar-refractivity contribution in [3.63, 3.8) is 0 Å². The van der Waals surface area contributed by atoms with Gasteiger partial charge in [0.05, 0.1) is 6.61 Å². The Labute approximate surface area is 114 Å². The van der Waals surface area contributed by atoms with Gasteiger partial charge in [-0.3, -0.25) is 0 Å². The van der Waals surface area contributed by atoms with E-state index in [0.717, 1.165) is 32.5 Å². The summed E-state index contributed by atoms with van der Waals surface area (Å²) in [6.45, 7) is 4.05. The first-order chi connectivity index (χ1) is 9.28. The molecule has 1 N–H and O–H groups in total. The number of hydrogen-bond donors (Lipinski definition) is 1. The molecule has 1 aromatic rings. The summed E-state index contributed by atoms with van der Waals surface area (Å²) in [5.41, 5.74) is 0. The Morgan fingerprint density at radius 3 is 2.84 bits per heavy atom. The number of aliphatic hydroxyl groups is 1. The van der Waals surface area contributed by atoms with E-state index >= 15 is 0 Å². The molecule has 106 valence electrons. The third kappa shape index (κ3) is 4.80. The highest BCUT2D eigenvalue weighted by molar-refractivity contribution is 5.21. The molecule has 3 nitrogen and oxygen atoms in total. The second-order valence-electron chi connectivity index (χ2n) is 5.15. The summed E-state index contributed by atoms with van der Waals surface area (Å²) >= 11 is 0. The zero-order valence-electron chi connectivity index (χ0n) is 11.2. The summed E-state index contributed by atoms with van der Waals surface area (Å²) in [6, 6.07) is 6.12. The molecule has 0 aliphatic carbocycles. The predicted octanol–water partition coefficient (Wildman–Crippen LogP) is 2.30. The van der Waals surface area contributed by atoms with E-state index in [0.29, 0.717) is 24.9 Å². The first-order valence-electron chi connectivity index (χ1n) is 6.99. The minimum absolute atomic E-state index is 0.240. The van der Waals surface area contributed by atoms with Gasteiger partial charge in [0, 0.05) is 19.7 Å². The molecule has 0 bridgehead atoms. The molecule has 0 aromatic heterocycles. The second kappa shape index (κ2) is 7.46. The number of benzene rings is 1. The van der Waals surface area contributed by atoms with Gasteiger partial charge in [0.15, 0.2) is 0 Å². The third-order valence-corrected chi connectivity index (χ3v) is 3.56. The molecule has 1 atom stereocenters. The molecule has 0 radical (unpaired) electrons. The SMILES string of the molecule is OCC1CCCN(CCCOc2ccc(F)cc2)C1. The molecular formula is C15H22FNO2. The number of likely N-dealkylation sites (tertiary alicyclic amines) is 1. The van der Waals surface area contributed by atoms with Crippen molar-refractivity contribution in [2.75, 3.05) is 32.8 Å². The normalized spacial score (nSPS) is 20.4. The average molecular weight is 267 g/mol. The van der Waals surface area contributed by atoms with Crippen LogP contribution in [0.15, 0.2) is 24.3 Å². The summed E-state index contributed by atoms with van der Waals surface area (Å²) < 4.78 is 18.3. The second-order valence-corrected chi connectivity index (χ2v) is 5.15. The lowest BCUT2D eigenvalue weighted by Gasteiger charge is -2.31. The van der Waals surface area contributed by atoms with Gasteiger partial charge < -0.3 is 14.7 Å². The maximum absolute atomic E-state index is 12.7. The third-order valence-electron chi connectivity index (χ3n) is 3.56. The zero-order valence-corrected chi connectivity index (χ0v) is 11.2. The minimum atomic E-state index is -0.240. The lowest BCUT2D eigenvalue weighted by atomic mass is 9.99. The molecule has 1 saturated heterocycles. The van der Waals surface area contributed by atoms with Crippen LogP contribution in [-0.4, -0.2) is 42.9 Å². The van der Waals surface area contributed by atoms with Gasteiger partial charge in [-0.25, -0.2) is 4.39 Å². The maximum Gasteiger partial charge on any atom is 0.123 e. The largest absolute Gasteiger partial charge is 0.494 e. The van der Waals surface area contributed by atoms with Crippen LogP contribution in [0, 0.1) is 11.7 Å². The predicted molar refractivity (Wildman–Crippen MR) is 72.8 cm³/mol. The van der Waals surface area contributed by atoms with Gasteiger partial charge in [-0.2, -0.15) is 0 Å². The zero-order chi connectivity index (χ0) is 13.5. The highest BCUT2D eigenvalue weighted by Crippen LogP contribution is 2.16. The molecule has 2 rings (SSSR count). The van der Waals surface area contributed by atoms with Crippen LogP contribution in [-0.2, 0) is 0 Å². The van der Waals surface area contributed by atoms with Crippen LogP contribution < -0.4 is 4.74 Å². The lowest BCUT2D eigenvalue weighted by Crippen LogP contribution is -2.37. The quantitative estimate of drug-likeness (QED) is 0.803. The van der Waals surface area contributed by atoms with Gasteiger partial charge in [0.2, 0.25) is 0 Å². The highest BCUT2D eigenvalue weighted by Gasteiger charge is 2.18. The van der Waals surface area contributed by atoms with E-state index in [9.17, 15) is 4.39 Å². The molecule has 1 aliphatic rings. The Morgan fingerprint density at radius 1 is 1.32 bits per heavy atom. The molecule has 1 unspecified atom stereocenters. The van der Waals surface area contributed by atoms with Crippen molar-refractivity contribution >= 4 is 0 Å². The fourth-order valence-corrected chi connectivity index (χ4v) is 2.51. The van der Waals surface area contributed by atoms with E-state index in [4.69, 9.17) is 9.84 Å². The molecular weight excluding hydrogens is 245 g/mol. The standard InChI is InChI=1S/C15H22FNO2/c16-14-4-6-15(7-5-14)19-10-2-9-17-8-1-3-13(11-17)12-18/h4-7,13,18H,1-3,8-12H2. The van der Waals surface area contributed by atoms with Crippen molar-refractivity contribution in [2.45, 2.75) is 19.3 Å². The molecule has 0 spiro atoms. The number of piperidine rings is 1. The van der Waals surface area contributed by atoms with E-state index in [1.54, 1.807) is 12.1 Å². The number of ether oxygens (including phenoxy) is 1. The van der Waals surface area contributed by atoms with Crippen LogP contribution in [0.5, 0.6) is 5.75 Å². The first-order valence-corrected chi connectivity index (χ1v) is 6.99. The fourth-order valence-electron chi connectivity index (χ4n) is 2.51. The van der Waals surface area contributed by atoms with Crippen LogP contribution in [0.25, 0.3) is 0 Å². The number of hydrogen-bond acceptors (Lipinski definition) is 3. The highest BCUT2D eigenvalue weighted by atomic mass is 19.1. The molecule has 1 aliphatic heterocycles. The molecule has 1 fully saturated rings. The summed E-state index contributed by atoms with van der Waals surface area (Å²) in [5, 5.41) is 9.17. The van der Waals surface area contributed by atoms with E-state index in [1.807, 2.05) is 0 Å². The van der Waals surface area contributed by atoms with Crippen molar-refractivity contribution in [3.8, 4) is 5.75 Å². The molecule has 19 heavy (non-hydrogen) atoms. The van der Waals surface area contributed by atoms with Crippen molar-refractivity contribution in [1.29, 1.82) is 0 Å². The molecule has 0 amide bonds. The van der Waals surface area contributed by atoms with Gasteiger partial charge in [-0.1, -0.05) is 0 Å². The summed E-state index contributed by atoms with van der Waals surface area (Å²) in [6.07, 6.45) is 3.26. The number of aliphatic hydroxyl groups excluding tert-OH is 1. The number of rotatable bonds is 6. The van der Waals surface area contributed by atoms with Gasteiger partial charge >= 0.3 is 0 Å². The van der Waals surface area contributed by atoms with Crippen LogP contribution in [0.1, 0.15) is 19.3 Å². The average Bonchev–Trinajstić information content (AvgIpc) is 2.46. The smallest absolute Gasteiger partial charge is 0.123 e. The van der Waals surface area contributed by atoms with Gasteiger partial charge in [-0.15, -0.1) is 0 Å². The molecule has 1 aromatic carbocycles. The van der Waals surface area contributed by atoms with Crippen LogP contribution in [0.2, 0.25) is 0 Å². The Balaban J connectivity index is 1.62. The monoisotopic (exact) mass is 267 g/mol. The maximum atomic E-state index is 12.7. The van der Waals surface area contributed by atoms with Crippen molar-refractivity contribution in [3.05, 3.63) is 30.1 Å². The van der Waals surface area contributed by atoms with Crippen molar-refractivity contribution in [1.82, 2.24) is 4.90 Å². The van der Waals surface area contributed by atoms with Crippen molar-refractivity contribution < 1.29 is 14.2 Å². The van der Waals surface area contributed by atoms with Crippen LogP contribution in [0.4, 0.5) is 4.39 Å². The van der Waals surface area contributed by atoms with Crippen LogP contribution in [0.3, 0.4) is 0 Å². The topological polar surface area (TPSA) is 32.7 Å². The van der Waals surface area contributed by atoms with E-state index in [2.05, 4.69) is 4.90 Å². The van der Waals surface area contributed by atoms with Gasteiger partial charge in [-0.05, 0) is 56.0 Å². The lowest BCUT2D eigenvalue weighted by molar-refractivity contribution is 0.115. The van der Waals surface area contributed by atoms with E-state index < -0.39 is 0 Å². The van der Waals surface area contributed by atoms with Crippen molar-refractivity contribution in [2.24, 2.45) is 5.92 Å². The summed E-state index contributed by atoms with van der Waals surface area (Å²) in [4.78, 5) is 2.39. The van der Waals surface area contributed by atoms with Gasteiger partial charge in [0.25, 0.3) is 0 Å². The number of halogens is 1. The summed E-state index contributed by atoms with van der Waals surface area (Å²) in [7, 11) is 0. The van der Waals surface area contributed by atoms with Gasteiger partial charge in [0.1, 0.15) is 11.6 Å². The number of nitrogens with zero attached hydrogens (tertiary/aromatic N) is 1. The summed E-state index contributed by atoms with van der Waals surface area (Å²) in [5.74, 6) is 0.913. The first kappa shape index (κ1) is 14.3. The Hall–Kier alpha value is -1.13. The Bertz CT molecular complexity index is 369.